The molecule has 1 heterocycles. The van der Waals surface area contributed by atoms with Crippen molar-refractivity contribution in [3.63, 3.8) is 0 Å². The first-order valence-electron chi connectivity index (χ1n) is 6.47. The largest absolute Gasteiger partial charge is 0.408 e. The predicted molar refractivity (Wildman–Crippen MR) is 84.4 cm³/mol. The number of hydrazine groups is 1. The number of nitrogens with one attached hydrogen (secondary N) is 2. The number of rotatable bonds is 4. The molecule has 0 saturated carbocycles. The van der Waals surface area contributed by atoms with Gasteiger partial charge in [-0.2, -0.15) is 23.1 Å². The molecule has 5 nitrogen and oxygen atoms in total. The van der Waals surface area contributed by atoms with Crippen LogP contribution in [0.2, 0.25) is 10.2 Å². The minimum atomic E-state index is -4.57. The number of benzene rings is 1. The molecular weight excluding hydrogens is 373 g/mol. The van der Waals surface area contributed by atoms with Gasteiger partial charge in [-0.15, -0.1) is 0 Å². The Morgan fingerprint density at radius 3 is 2.38 bits per heavy atom. The Morgan fingerprint density at radius 1 is 1.17 bits per heavy atom. The van der Waals surface area contributed by atoms with E-state index in [0.29, 0.717) is 0 Å². The minimum absolute atomic E-state index is 0.0586. The topological polar surface area (TPSA) is 75.9 Å². The summed E-state index contributed by atoms with van der Waals surface area (Å²) < 4.78 is 52.7. The number of hydrogen-bond acceptors (Lipinski definition) is 5. The van der Waals surface area contributed by atoms with E-state index in [1.165, 1.54) is 12.1 Å². The minimum Gasteiger partial charge on any atom is -0.358 e. The summed E-state index contributed by atoms with van der Waals surface area (Å²) >= 11 is 12.0. The zero-order chi connectivity index (χ0) is 18.1. The van der Waals surface area contributed by atoms with E-state index >= 15 is 0 Å². The molecule has 0 amide bonds. The fourth-order valence-electron chi connectivity index (χ4n) is 1.85. The zero-order valence-corrected chi connectivity index (χ0v) is 13.6. The predicted octanol–water partition coefficient (Wildman–Crippen LogP) is 4.24. The molecule has 0 radical (unpaired) electrons. The van der Waals surface area contributed by atoms with Gasteiger partial charge in [-0.05, 0) is 19.1 Å². The lowest BCUT2D eigenvalue weighted by molar-refractivity contribution is -0.138. The Bertz CT molecular complexity index is 734. The van der Waals surface area contributed by atoms with E-state index in [2.05, 4.69) is 20.7 Å². The Balaban J connectivity index is 2.66. The summed E-state index contributed by atoms with van der Waals surface area (Å²) in [5.74, 6) is 3.78. The van der Waals surface area contributed by atoms with Crippen molar-refractivity contribution in [2.45, 2.75) is 19.1 Å². The third kappa shape index (κ3) is 3.80. The second-order valence-corrected chi connectivity index (χ2v) is 5.48. The highest BCUT2D eigenvalue weighted by Crippen LogP contribution is 2.40. The third-order valence-electron chi connectivity index (χ3n) is 3.05. The van der Waals surface area contributed by atoms with Gasteiger partial charge in [0.15, 0.2) is 0 Å². The van der Waals surface area contributed by atoms with Crippen LogP contribution in [0.3, 0.4) is 0 Å². The quantitative estimate of drug-likeness (QED) is 0.318. The molecule has 24 heavy (non-hydrogen) atoms. The van der Waals surface area contributed by atoms with Crippen molar-refractivity contribution in [1.82, 2.24) is 9.97 Å². The summed E-state index contributed by atoms with van der Waals surface area (Å²) in [6.45, 7) is 0.873. The number of alkyl halides is 3. The molecule has 0 aliphatic carbocycles. The highest BCUT2D eigenvalue weighted by atomic mass is 35.5. The number of aromatic nitrogens is 2. The first-order chi connectivity index (χ1) is 11.1. The molecule has 0 spiro atoms. The van der Waals surface area contributed by atoms with Crippen molar-refractivity contribution in [2.24, 2.45) is 5.84 Å². The van der Waals surface area contributed by atoms with Crippen molar-refractivity contribution in [3.8, 4) is 11.1 Å². The van der Waals surface area contributed by atoms with Crippen LogP contribution >= 0.6 is 23.2 Å². The van der Waals surface area contributed by atoms with E-state index < -0.39 is 18.0 Å². The molecule has 0 bridgehead atoms. The van der Waals surface area contributed by atoms with E-state index in [1.807, 2.05) is 0 Å². The van der Waals surface area contributed by atoms with Crippen molar-refractivity contribution >= 4 is 35.0 Å². The second kappa shape index (κ2) is 6.96. The lowest BCUT2D eigenvalue weighted by Gasteiger charge is -2.21. The van der Waals surface area contributed by atoms with Crippen LogP contribution in [0.15, 0.2) is 18.2 Å². The number of halogens is 6. The van der Waals surface area contributed by atoms with Gasteiger partial charge in [0.25, 0.3) is 0 Å². The van der Waals surface area contributed by atoms with Crippen LogP contribution in [0.25, 0.3) is 11.1 Å². The van der Waals surface area contributed by atoms with Crippen LogP contribution in [-0.2, 0) is 0 Å². The van der Waals surface area contributed by atoms with E-state index in [4.69, 9.17) is 29.0 Å². The Labute approximate surface area is 144 Å². The standard InChI is InChI=1S/C13H11Cl2F4N5/c1-5(13(17,18)19)21-11-9(10(15)22-12(23-11)24-20)8-6(14)3-2-4-7(8)16/h2-5H,20H2,1H3,(H2,21,22,23,24). The van der Waals surface area contributed by atoms with E-state index in [-0.39, 0.29) is 33.1 Å². The summed E-state index contributed by atoms with van der Waals surface area (Å²) in [7, 11) is 0. The van der Waals surface area contributed by atoms with E-state index in [1.54, 1.807) is 0 Å². The summed E-state index contributed by atoms with van der Waals surface area (Å²) in [6.07, 6.45) is -4.57. The normalized spacial score (nSPS) is 12.8. The highest BCUT2D eigenvalue weighted by Gasteiger charge is 2.37. The highest BCUT2D eigenvalue weighted by molar-refractivity contribution is 6.36. The molecule has 11 heteroatoms. The molecule has 2 rings (SSSR count). The first-order valence-corrected chi connectivity index (χ1v) is 7.22. The maximum absolute atomic E-state index is 14.2. The molecule has 1 aromatic heterocycles. The second-order valence-electron chi connectivity index (χ2n) is 4.71. The van der Waals surface area contributed by atoms with E-state index in [9.17, 15) is 17.6 Å². The van der Waals surface area contributed by atoms with Gasteiger partial charge in [-0.25, -0.2) is 10.2 Å². The Morgan fingerprint density at radius 2 is 1.83 bits per heavy atom. The van der Waals surface area contributed by atoms with Crippen molar-refractivity contribution in [3.05, 3.63) is 34.2 Å². The summed E-state index contributed by atoms with van der Waals surface area (Å²) in [5, 5.41) is 1.76. The van der Waals surface area contributed by atoms with Crippen LogP contribution < -0.4 is 16.6 Å². The number of anilines is 2. The molecule has 1 unspecified atom stereocenters. The maximum atomic E-state index is 14.2. The lowest BCUT2D eigenvalue weighted by atomic mass is 10.1. The molecule has 1 aromatic carbocycles. The third-order valence-corrected chi connectivity index (χ3v) is 3.64. The monoisotopic (exact) mass is 383 g/mol. The molecule has 0 aliphatic heterocycles. The van der Waals surface area contributed by atoms with Gasteiger partial charge in [0, 0.05) is 5.56 Å². The number of nitrogens with zero attached hydrogens (tertiary/aromatic N) is 2. The van der Waals surface area contributed by atoms with Gasteiger partial charge in [-0.1, -0.05) is 29.3 Å². The Hall–Kier alpha value is -1.84. The number of nitrogens with two attached hydrogens (primary N) is 1. The molecule has 0 aliphatic rings. The maximum Gasteiger partial charge on any atom is 0.408 e. The Kier molecular flexibility index (Phi) is 5.36. The van der Waals surface area contributed by atoms with Crippen molar-refractivity contribution < 1.29 is 17.6 Å². The van der Waals surface area contributed by atoms with Crippen LogP contribution in [0.1, 0.15) is 6.92 Å². The molecule has 4 N–H and O–H groups in total. The van der Waals surface area contributed by atoms with Gasteiger partial charge in [0.1, 0.15) is 22.8 Å². The van der Waals surface area contributed by atoms with Crippen LogP contribution in [0.4, 0.5) is 29.3 Å². The van der Waals surface area contributed by atoms with Crippen LogP contribution in [-0.4, -0.2) is 22.2 Å². The summed E-state index contributed by atoms with van der Waals surface area (Å²) in [6, 6.07) is 1.81. The van der Waals surface area contributed by atoms with Crippen LogP contribution in [0.5, 0.6) is 0 Å². The first kappa shape index (κ1) is 18.5. The van der Waals surface area contributed by atoms with E-state index in [0.717, 1.165) is 13.0 Å². The molecule has 130 valence electrons. The fourth-order valence-corrected chi connectivity index (χ4v) is 2.37. The van der Waals surface area contributed by atoms with Gasteiger partial charge >= 0.3 is 6.18 Å². The smallest absolute Gasteiger partial charge is 0.358 e. The zero-order valence-electron chi connectivity index (χ0n) is 12.0. The number of nitrogen functional groups attached to an aromatic ring is 1. The summed E-state index contributed by atoms with van der Waals surface area (Å²) in [4.78, 5) is 7.55. The summed E-state index contributed by atoms with van der Waals surface area (Å²) in [5.41, 5.74) is 1.66. The van der Waals surface area contributed by atoms with Gasteiger partial charge in [0.05, 0.1) is 10.6 Å². The number of hydrogen-bond donors (Lipinski definition) is 3. The van der Waals surface area contributed by atoms with Crippen LogP contribution in [0, 0.1) is 5.82 Å². The molecule has 0 fully saturated rings. The SMILES string of the molecule is CC(Nc1nc(NN)nc(Cl)c1-c1c(F)cccc1Cl)C(F)(F)F. The fraction of sp³-hybridized carbons (Fsp3) is 0.231. The van der Waals surface area contributed by atoms with Gasteiger partial charge in [0.2, 0.25) is 5.95 Å². The van der Waals surface area contributed by atoms with Crippen molar-refractivity contribution in [1.29, 1.82) is 0 Å². The molecule has 0 saturated heterocycles. The molecule has 1 atom stereocenters. The average Bonchev–Trinajstić information content (AvgIpc) is 2.48. The average molecular weight is 384 g/mol. The molecule has 2 aromatic rings. The van der Waals surface area contributed by atoms with Crippen molar-refractivity contribution in [2.75, 3.05) is 10.7 Å². The lowest BCUT2D eigenvalue weighted by Crippen LogP contribution is -2.33. The molecular formula is C13H11Cl2F4N5. The van der Waals surface area contributed by atoms with Gasteiger partial charge in [-0.3, -0.25) is 5.43 Å². The van der Waals surface area contributed by atoms with Gasteiger partial charge < -0.3 is 5.32 Å².